The SMILES string of the molecule is O=C(NCCn1ccnc1)[C@H]1CC12CCN(CCc1ccccc1)CC2. The first-order valence-electron chi connectivity index (χ1n) is 9.75. The Balaban J connectivity index is 1.17. The number of aromatic nitrogens is 2. The van der Waals surface area contributed by atoms with Crippen LogP contribution in [0.1, 0.15) is 24.8 Å². The van der Waals surface area contributed by atoms with Crippen molar-refractivity contribution >= 4 is 5.91 Å². The Bertz CT molecular complexity index is 705. The van der Waals surface area contributed by atoms with Gasteiger partial charge in [-0.25, -0.2) is 4.98 Å². The number of nitrogens with one attached hydrogen (secondary N) is 1. The molecule has 2 fully saturated rings. The summed E-state index contributed by atoms with van der Waals surface area (Å²) in [4.78, 5) is 19.0. The normalized spacial score (nSPS) is 21.6. The van der Waals surface area contributed by atoms with Crippen LogP contribution in [0.3, 0.4) is 0 Å². The number of amides is 1. The third-order valence-corrected chi connectivity index (χ3v) is 6.15. The molecule has 2 aromatic rings. The predicted molar refractivity (Wildman–Crippen MR) is 102 cm³/mol. The molecule has 5 nitrogen and oxygen atoms in total. The van der Waals surface area contributed by atoms with Crippen LogP contribution >= 0.6 is 0 Å². The van der Waals surface area contributed by atoms with Gasteiger partial charge in [-0.3, -0.25) is 4.79 Å². The van der Waals surface area contributed by atoms with Crippen molar-refractivity contribution in [2.45, 2.75) is 32.2 Å². The summed E-state index contributed by atoms with van der Waals surface area (Å²) >= 11 is 0. The Labute approximate surface area is 155 Å². The van der Waals surface area contributed by atoms with Gasteiger partial charge in [-0.2, -0.15) is 0 Å². The van der Waals surface area contributed by atoms with Crippen LogP contribution in [-0.2, 0) is 17.8 Å². The zero-order valence-electron chi connectivity index (χ0n) is 15.3. The van der Waals surface area contributed by atoms with Gasteiger partial charge in [0.15, 0.2) is 0 Å². The molecule has 26 heavy (non-hydrogen) atoms. The molecular weight excluding hydrogens is 324 g/mol. The summed E-state index contributed by atoms with van der Waals surface area (Å²) in [6, 6.07) is 10.7. The minimum atomic E-state index is 0.238. The van der Waals surface area contributed by atoms with Crippen molar-refractivity contribution < 1.29 is 4.79 Å². The molecule has 1 saturated heterocycles. The van der Waals surface area contributed by atoms with E-state index in [1.165, 1.54) is 18.4 Å². The van der Waals surface area contributed by atoms with E-state index in [1.807, 2.05) is 10.8 Å². The first-order valence-corrected chi connectivity index (χ1v) is 9.75. The smallest absolute Gasteiger partial charge is 0.223 e. The summed E-state index contributed by atoms with van der Waals surface area (Å²) in [5.74, 6) is 0.490. The average molecular weight is 352 g/mol. The number of nitrogens with zero attached hydrogens (tertiary/aromatic N) is 3. The fourth-order valence-corrected chi connectivity index (χ4v) is 4.28. The van der Waals surface area contributed by atoms with E-state index in [1.54, 1.807) is 12.5 Å². The number of likely N-dealkylation sites (tertiary alicyclic amines) is 1. The molecule has 0 unspecified atom stereocenters. The van der Waals surface area contributed by atoms with Gasteiger partial charge in [-0.15, -0.1) is 0 Å². The lowest BCUT2D eigenvalue weighted by molar-refractivity contribution is -0.123. The zero-order valence-corrected chi connectivity index (χ0v) is 15.3. The van der Waals surface area contributed by atoms with Crippen LogP contribution < -0.4 is 5.32 Å². The van der Waals surface area contributed by atoms with Gasteiger partial charge in [0.25, 0.3) is 0 Å². The van der Waals surface area contributed by atoms with Gasteiger partial charge < -0.3 is 14.8 Å². The lowest BCUT2D eigenvalue weighted by atomic mass is 9.90. The monoisotopic (exact) mass is 352 g/mol. The summed E-state index contributed by atoms with van der Waals surface area (Å²) < 4.78 is 1.99. The van der Waals surface area contributed by atoms with Crippen LogP contribution in [0.25, 0.3) is 0 Å². The molecule has 0 radical (unpaired) electrons. The number of imidazole rings is 1. The maximum atomic E-state index is 12.4. The van der Waals surface area contributed by atoms with Crippen molar-refractivity contribution in [1.29, 1.82) is 0 Å². The molecular formula is C21H28N4O. The van der Waals surface area contributed by atoms with E-state index in [0.717, 1.165) is 39.0 Å². The van der Waals surface area contributed by atoms with Crippen LogP contribution in [0.4, 0.5) is 0 Å². The first-order chi connectivity index (χ1) is 12.8. The average Bonchev–Trinajstić information content (AvgIpc) is 3.12. The number of piperidine rings is 1. The second-order valence-electron chi connectivity index (χ2n) is 7.79. The van der Waals surface area contributed by atoms with Crippen molar-refractivity contribution in [2.24, 2.45) is 11.3 Å². The predicted octanol–water partition coefficient (Wildman–Crippen LogP) is 2.34. The Morgan fingerprint density at radius 1 is 1.19 bits per heavy atom. The van der Waals surface area contributed by atoms with Crippen LogP contribution in [-0.4, -0.2) is 46.5 Å². The fraction of sp³-hybridized carbons (Fsp3) is 0.524. The van der Waals surface area contributed by atoms with E-state index < -0.39 is 0 Å². The van der Waals surface area contributed by atoms with Crippen molar-refractivity contribution in [1.82, 2.24) is 19.8 Å². The molecule has 1 atom stereocenters. The topological polar surface area (TPSA) is 50.2 Å². The van der Waals surface area contributed by atoms with Gasteiger partial charge in [0.2, 0.25) is 5.91 Å². The second-order valence-corrected chi connectivity index (χ2v) is 7.79. The third kappa shape index (κ3) is 3.98. The van der Waals surface area contributed by atoms with E-state index in [2.05, 4.69) is 45.5 Å². The number of carbonyl (C=O) groups is 1. The minimum absolute atomic E-state index is 0.238. The number of hydrogen-bond acceptors (Lipinski definition) is 3. The summed E-state index contributed by atoms with van der Waals surface area (Å²) in [7, 11) is 0. The first kappa shape index (κ1) is 17.3. The molecule has 2 aliphatic rings. The van der Waals surface area contributed by atoms with Crippen molar-refractivity contribution in [3.63, 3.8) is 0 Å². The highest BCUT2D eigenvalue weighted by Gasteiger charge is 2.58. The van der Waals surface area contributed by atoms with E-state index in [0.29, 0.717) is 12.0 Å². The summed E-state index contributed by atoms with van der Waals surface area (Å²) in [5.41, 5.74) is 1.71. The highest BCUT2D eigenvalue weighted by Crippen LogP contribution is 2.59. The van der Waals surface area contributed by atoms with Crippen molar-refractivity contribution in [2.75, 3.05) is 26.2 Å². The zero-order chi connectivity index (χ0) is 17.8. The molecule has 138 valence electrons. The number of hydrogen-bond donors (Lipinski definition) is 1. The van der Waals surface area contributed by atoms with Gasteiger partial charge in [-0.05, 0) is 49.8 Å². The number of benzene rings is 1. The van der Waals surface area contributed by atoms with E-state index in [4.69, 9.17) is 0 Å². The quantitative estimate of drug-likeness (QED) is 0.832. The van der Waals surface area contributed by atoms with E-state index in [9.17, 15) is 4.79 Å². The largest absolute Gasteiger partial charge is 0.354 e. The molecule has 1 spiro atoms. The van der Waals surface area contributed by atoms with Gasteiger partial charge in [-0.1, -0.05) is 30.3 Å². The minimum Gasteiger partial charge on any atom is -0.354 e. The van der Waals surface area contributed by atoms with Crippen molar-refractivity contribution in [3.05, 3.63) is 54.6 Å². The highest BCUT2D eigenvalue weighted by molar-refractivity contribution is 5.82. The highest BCUT2D eigenvalue weighted by atomic mass is 16.2. The Hall–Kier alpha value is -2.14. The molecule has 1 aromatic carbocycles. The number of carbonyl (C=O) groups excluding carboxylic acids is 1. The van der Waals surface area contributed by atoms with Crippen LogP contribution in [0.2, 0.25) is 0 Å². The molecule has 2 heterocycles. The van der Waals surface area contributed by atoms with Crippen molar-refractivity contribution in [3.8, 4) is 0 Å². The molecule has 4 rings (SSSR count). The van der Waals surface area contributed by atoms with Crippen LogP contribution in [0, 0.1) is 11.3 Å². The molecule has 5 heteroatoms. The van der Waals surface area contributed by atoms with E-state index >= 15 is 0 Å². The van der Waals surface area contributed by atoms with Gasteiger partial charge >= 0.3 is 0 Å². The molecule has 1 amide bonds. The van der Waals surface area contributed by atoms with Gasteiger partial charge in [0, 0.05) is 37.9 Å². The third-order valence-electron chi connectivity index (χ3n) is 6.15. The Morgan fingerprint density at radius 2 is 2.00 bits per heavy atom. The molecule has 1 aliphatic carbocycles. The maximum absolute atomic E-state index is 12.4. The summed E-state index contributed by atoms with van der Waals surface area (Å²) in [6.45, 7) is 4.86. The Morgan fingerprint density at radius 3 is 2.73 bits per heavy atom. The molecule has 1 saturated carbocycles. The lowest BCUT2D eigenvalue weighted by Gasteiger charge is -2.32. The molecule has 0 bridgehead atoms. The maximum Gasteiger partial charge on any atom is 0.223 e. The van der Waals surface area contributed by atoms with Gasteiger partial charge in [0.1, 0.15) is 0 Å². The van der Waals surface area contributed by atoms with Crippen LogP contribution in [0.5, 0.6) is 0 Å². The second kappa shape index (κ2) is 7.62. The molecule has 1 aromatic heterocycles. The van der Waals surface area contributed by atoms with E-state index in [-0.39, 0.29) is 11.8 Å². The molecule has 1 aliphatic heterocycles. The summed E-state index contributed by atoms with van der Waals surface area (Å²) in [5, 5.41) is 3.11. The Kier molecular flexibility index (Phi) is 5.07. The lowest BCUT2D eigenvalue weighted by Crippen LogP contribution is -2.38. The van der Waals surface area contributed by atoms with Crippen LogP contribution in [0.15, 0.2) is 49.1 Å². The van der Waals surface area contributed by atoms with Gasteiger partial charge in [0.05, 0.1) is 6.33 Å². The standard InChI is InChI=1S/C21H28N4O/c26-20(23-10-15-25-14-9-22-17-25)19-16-21(19)7-12-24(13-8-21)11-6-18-4-2-1-3-5-18/h1-5,9,14,17,19H,6-8,10-13,15-16H2,(H,23,26)/t19-/m1/s1. The number of rotatable bonds is 7. The molecule has 1 N–H and O–H groups in total. The fourth-order valence-electron chi connectivity index (χ4n) is 4.28. The summed E-state index contributed by atoms with van der Waals surface area (Å²) in [6.07, 6.45) is 10.0.